The average Bonchev–Trinajstić information content (AvgIpc) is 2.71. The number of carbonyl (C=O) groups is 3. The number of carbonyl (C=O) groups excluding carboxylic acids is 2. The summed E-state index contributed by atoms with van der Waals surface area (Å²) in [5, 5.41) is 11.2. The second kappa shape index (κ2) is 5.73. The van der Waals surface area contributed by atoms with Gasteiger partial charge in [0.05, 0.1) is 6.04 Å². The highest BCUT2D eigenvalue weighted by Gasteiger charge is 2.40. The summed E-state index contributed by atoms with van der Waals surface area (Å²) in [6, 6.07) is 7.63. The molecule has 0 unspecified atom stereocenters. The molecule has 0 bridgehead atoms. The van der Waals surface area contributed by atoms with Gasteiger partial charge in [-0.25, -0.2) is 4.79 Å². The molecule has 0 radical (unpaired) electrons. The van der Waals surface area contributed by atoms with Crippen LogP contribution in [0.5, 0.6) is 0 Å². The van der Waals surface area contributed by atoms with Gasteiger partial charge >= 0.3 is 12.0 Å². The Kier molecular flexibility index (Phi) is 4.02. The molecule has 6 heteroatoms. The molecule has 0 spiro atoms. The Bertz CT molecular complexity index is 529. The molecule has 0 aromatic heterocycles. The molecule has 2 rings (SSSR count). The number of urea groups is 1. The maximum Gasteiger partial charge on any atom is 0.325 e. The summed E-state index contributed by atoms with van der Waals surface area (Å²) in [5.41, 5.74) is 0.856. The number of amides is 3. The molecule has 1 aromatic carbocycles. The monoisotopic (exact) mass is 276 g/mol. The SMILES string of the molecule is C[C@@H](c1ccccc1)N1C(=O)N[C@@H](CCC(=O)O)C1=O. The van der Waals surface area contributed by atoms with Gasteiger partial charge in [0.2, 0.25) is 0 Å². The largest absolute Gasteiger partial charge is 0.481 e. The predicted molar refractivity (Wildman–Crippen MR) is 70.9 cm³/mol. The van der Waals surface area contributed by atoms with E-state index in [-0.39, 0.29) is 24.8 Å². The van der Waals surface area contributed by atoms with Crippen molar-refractivity contribution in [2.24, 2.45) is 0 Å². The third-order valence-corrected chi connectivity index (χ3v) is 3.37. The van der Waals surface area contributed by atoms with Gasteiger partial charge < -0.3 is 10.4 Å². The van der Waals surface area contributed by atoms with E-state index in [9.17, 15) is 14.4 Å². The minimum absolute atomic E-state index is 0.109. The standard InChI is InChI=1S/C14H16N2O4/c1-9(10-5-3-2-4-6-10)16-13(19)11(15-14(16)20)7-8-12(17)18/h2-6,9,11H,7-8H2,1H3,(H,15,20)(H,17,18)/t9-,11-/m0/s1. The Hall–Kier alpha value is -2.37. The lowest BCUT2D eigenvalue weighted by Crippen LogP contribution is -2.34. The van der Waals surface area contributed by atoms with Crippen molar-refractivity contribution in [3.8, 4) is 0 Å². The number of imide groups is 1. The Morgan fingerprint density at radius 1 is 1.35 bits per heavy atom. The molecule has 1 fully saturated rings. The molecule has 1 heterocycles. The maximum atomic E-state index is 12.2. The van der Waals surface area contributed by atoms with Crippen LogP contribution in [0.4, 0.5) is 4.79 Å². The quantitative estimate of drug-likeness (QED) is 0.798. The Morgan fingerprint density at radius 3 is 2.60 bits per heavy atom. The van der Waals surface area contributed by atoms with Gasteiger partial charge in [0.25, 0.3) is 5.91 Å². The molecule has 1 aliphatic heterocycles. The number of nitrogens with zero attached hydrogens (tertiary/aromatic N) is 1. The van der Waals surface area contributed by atoms with Gasteiger partial charge in [-0.3, -0.25) is 14.5 Å². The second-order valence-electron chi connectivity index (χ2n) is 4.73. The van der Waals surface area contributed by atoms with Gasteiger partial charge in [-0.15, -0.1) is 0 Å². The van der Waals surface area contributed by atoms with Crippen LogP contribution < -0.4 is 5.32 Å². The van der Waals surface area contributed by atoms with Gasteiger partial charge in [-0.2, -0.15) is 0 Å². The summed E-state index contributed by atoms with van der Waals surface area (Å²) in [5.74, 6) is -1.35. The van der Waals surface area contributed by atoms with Crippen LogP contribution in [0.15, 0.2) is 30.3 Å². The highest BCUT2D eigenvalue weighted by molar-refractivity contribution is 6.04. The van der Waals surface area contributed by atoms with E-state index in [1.807, 2.05) is 30.3 Å². The molecule has 2 N–H and O–H groups in total. The first-order chi connectivity index (χ1) is 9.50. The minimum atomic E-state index is -0.985. The second-order valence-corrected chi connectivity index (χ2v) is 4.73. The van der Waals surface area contributed by atoms with Gasteiger partial charge in [0, 0.05) is 6.42 Å². The molecule has 3 amide bonds. The van der Waals surface area contributed by atoms with E-state index in [1.165, 1.54) is 0 Å². The predicted octanol–water partition coefficient (Wildman–Crippen LogP) is 1.53. The average molecular weight is 276 g/mol. The van der Waals surface area contributed by atoms with Crippen LogP contribution in [-0.4, -0.2) is 34.0 Å². The van der Waals surface area contributed by atoms with E-state index in [0.717, 1.165) is 10.5 Å². The fourth-order valence-corrected chi connectivity index (χ4v) is 2.26. The van der Waals surface area contributed by atoms with E-state index in [0.29, 0.717) is 0 Å². The summed E-state index contributed by atoms with van der Waals surface area (Å²) >= 11 is 0. The number of aliphatic carboxylic acids is 1. The molecule has 0 saturated carbocycles. The van der Waals surface area contributed by atoms with Crippen molar-refractivity contribution < 1.29 is 19.5 Å². The van der Waals surface area contributed by atoms with E-state index in [1.54, 1.807) is 6.92 Å². The molecule has 20 heavy (non-hydrogen) atoms. The fraction of sp³-hybridized carbons (Fsp3) is 0.357. The molecule has 1 aromatic rings. The fourth-order valence-electron chi connectivity index (χ4n) is 2.26. The number of nitrogens with one attached hydrogen (secondary N) is 1. The van der Waals surface area contributed by atoms with Crippen LogP contribution in [0.2, 0.25) is 0 Å². The van der Waals surface area contributed by atoms with Crippen LogP contribution in [0.25, 0.3) is 0 Å². The van der Waals surface area contributed by atoms with E-state index >= 15 is 0 Å². The number of hydrogen-bond donors (Lipinski definition) is 2. The summed E-state index contributed by atoms with van der Waals surface area (Å²) < 4.78 is 0. The van der Waals surface area contributed by atoms with Crippen LogP contribution in [-0.2, 0) is 9.59 Å². The molecule has 1 aliphatic rings. The van der Waals surface area contributed by atoms with Crippen molar-refractivity contribution in [2.75, 3.05) is 0 Å². The van der Waals surface area contributed by atoms with Gasteiger partial charge in [0.1, 0.15) is 6.04 Å². The van der Waals surface area contributed by atoms with Crippen molar-refractivity contribution >= 4 is 17.9 Å². The first-order valence-electron chi connectivity index (χ1n) is 6.41. The highest BCUT2D eigenvalue weighted by atomic mass is 16.4. The van der Waals surface area contributed by atoms with Crippen molar-refractivity contribution in [2.45, 2.75) is 31.8 Å². The Morgan fingerprint density at radius 2 is 2.00 bits per heavy atom. The molecule has 6 nitrogen and oxygen atoms in total. The van der Waals surface area contributed by atoms with Gasteiger partial charge in [-0.1, -0.05) is 30.3 Å². The first-order valence-corrected chi connectivity index (χ1v) is 6.41. The zero-order valence-corrected chi connectivity index (χ0v) is 11.1. The maximum absolute atomic E-state index is 12.2. The number of benzene rings is 1. The molecule has 0 aliphatic carbocycles. The van der Waals surface area contributed by atoms with E-state index in [4.69, 9.17) is 5.11 Å². The van der Waals surface area contributed by atoms with Crippen molar-refractivity contribution in [3.63, 3.8) is 0 Å². The lowest BCUT2D eigenvalue weighted by Gasteiger charge is -2.21. The molecular weight excluding hydrogens is 260 g/mol. The first kappa shape index (κ1) is 14.0. The Balaban J connectivity index is 2.11. The third kappa shape index (κ3) is 2.79. The normalized spacial score (nSPS) is 19.9. The van der Waals surface area contributed by atoms with Crippen molar-refractivity contribution in [1.82, 2.24) is 10.2 Å². The highest BCUT2D eigenvalue weighted by Crippen LogP contribution is 2.25. The zero-order chi connectivity index (χ0) is 14.7. The summed E-state index contributed by atoms with van der Waals surface area (Å²) in [4.78, 5) is 35.8. The summed E-state index contributed by atoms with van der Waals surface area (Å²) in [7, 11) is 0. The molecule has 106 valence electrons. The lowest BCUT2D eigenvalue weighted by molar-refractivity contribution is -0.137. The number of rotatable bonds is 5. The Labute approximate surface area is 116 Å². The lowest BCUT2D eigenvalue weighted by atomic mass is 10.1. The smallest absolute Gasteiger partial charge is 0.325 e. The topological polar surface area (TPSA) is 86.7 Å². The zero-order valence-electron chi connectivity index (χ0n) is 11.1. The number of hydrogen-bond acceptors (Lipinski definition) is 3. The van der Waals surface area contributed by atoms with Gasteiger partial charge in [0.15, 0.2) is 0 Å². The van der Waals surface area contributed by atoms with Crippen LogP contribution >= 0.6 is 0 Å². The molecule has 1 saturated heterocycles. The summed E-state index contributed by atoms with van der Waals surface area (Å²) in [6.45, 7) is 1.77. The van der Waals surface area contributed by atoms with Gasteiger partial charge in [-0.05, 0) is 18.9 Å². The number of carboxylic acid groups (broad SMARTS) is 1. The van der Waals surface area contributed by atoms with Crippen molar-refractivity contribution in [1.29, 1.82) is 0 Å². The minimum Gasteiger partial charge on any atom is -0.481 e. The van der Waals surface area contributed by atoms with Crippen LogP contribution in [0.1, 0.15) is 31.4 Å². The van der Waals surface area contributed by atoms with E-state index < -0.39 is 18.0 Å². The van der Waals surface area contributed by atoms with Crippen molar-refractivity contribution in [3.05, 3.63) is 35.9 Å². The molecule has 2 atom stereocenters. The third-order valence-electron chi connectivity index (χ3n) is 3.37. The summed E-state index contributed by atoms with van der Waals surface area (Å²) in [6.07, 6.45) is -0.0395. The molecular formula is C14H16N2O4. The van der Waals surface area contributed by atoms with E-state index in [2.05, 4.69) is 5.32 Å². The number of carboxylic acids is 1. The van der Waals surface area contributed by atoms with Crippen LogP contribution in [0, 0.1) is 0 Å². The van der Waals surface area contributed by atoms with Crippen LogP contribution in [0.3, 0.4) is 0 Å².